The van der Waals surface area contributed by atoms with E-state index >= 15 is 0 Å². The molecule has 27 heavy (non-hydrogen) atoms. The van der Waals surface area contributed by atoms with Gasteiger partial charge in [0.05, 0.1) is 39.8 Å². The maximum atomic E-state index is 12.9. The highest BCUT2D eigenvalue weighted by molar-refractivity contribution is 6.28. The van der Waals surface area contributed by atoms with E-state index in [-0.39, 0.29) is 28.5 Å². The van der Waals surface area contributed by atoms with Gasteiger partial charge in [-0.15, -0.1) is 0 Å². The highest BCUT2D eigenvalue weighted by Gasteiger charge is 2.40. The maximum absolute atomic E-state index is 12.9. The number of amides is 1. The predicted octanol–water partition coefficient (Wildman–Crippen LogP) is 1.07. The predicted molar refractivity (Wildman–Crippen MR) is 98.0 cm³/mol. The monoisotopic (exact) mass is 371 g/mol. The Morgan fingerprint density at radius 3 is 2.37 bits per heavy atom. The van der Waals surface area contributed by atoms with Gasteiger partial charge in [-0.1, -0.05) is 24.3 Å². The number of ketones is 2. The van der Waals surface area contributed by atoms with Crippen molar-refractivity contribution in [2.24, 2.45) is 0 Å². The molecule has 0 saturated carbocycles. The van der Waals surface area contributed by atoms with E-state index in [4.69, 9.17) is 9.47 Å². The molecular weight excluding hydrogens is 348 g/mol. The quantitative estimate of drug-likeness (QED) is 0.783. The van der Waals surface area contributed by atoms with Crippen LogP contribution < -0.4 is 5.32 Å². The van der Waals surface area contributed by atoms with Gasteiger partial charge in [0.25, 0.3) is 5.91 Å². The number of fused-ring (bicyclic) bond motifs is 1. The second kappa shape index (κ2) is 7.09. The molecule has 7 heteroatoms. The van der Waals surface area contributed by atoms with Gasteiger partial charge in [0.2, 0.25) is 6.29 Å². The Morgan fingerprint density at radius 2 is 1.78 bits per heavy atom. The molecule has 3 rings (SSSR count). The number of Topliss-reactive ketones (excluding diaryl/α,β-unsaturated/α-hetero) is 2. The molecule has 7 nitrogen and oxygen atoms in total. The van der Waals surface area contributed by atoms with Crippen LogP contribution in [0, 0.1) is 0 Å². The van der Waals surface area contributed by atoms with E-state index in [1.165, 1.54) is 13.2 Å². The highest BCUT2D eigenvalue weighted by Crippen LogP contribution is 2.34. The van der Waals surface area contributed by atoms with Crippen LogP contribution in [0.5, 0.6) is 0 Å². The summed E-state index contributed by atoms with van der Waals surface area (Å²) in [5.74, 6) is -1.13. The fourth-order valence-electron chi connectivity index (χ4n) is 3.01. The Bertz CT molecular complexity index is 877. The molecule has 0 fully saturated rings. The normalized spacial score (nSPS) is 19.1. The first kappa shape index (κ1) is 19.0. The number of benzene rings is 1. The molecule has 142 valence electrons. The third kappa shape index (κ3) is 3.70. The van der Waals surface area contributed by atoms with Crippen LogP contribution in [0.15, 0.2) is 47.2 Å². The number of hydrogen-bond acceptors (Lipinski definition) is 5. The molecule has 1 aliphatic heterocycles. The summed E-state index contributed by atoms with van der Waals surface area (Å²) in [5, 5.41) is 2.77. The first-order valence-corrected chi connectivity index (χ1v) is 8.65. The largest absolute Gasteiger partial charge is 0.455 e. The summed E-state index contributed by atoms with van der Waals surface area (Å²) in [6.45, 7) is 1.17. The van der Waals surface area contributed by atoms with Crippen LogP contribution in [0.2, 0.25) is 0 Å². The number of likely N-dealkylation sites (N-methyl/N-ethyl adjacent to an activating group) is 1. The highest BCUT2D eigenvalue weighted by atomic mass is 16.7. The van der Waals surface area contributed by atoms with Crippen LogP contribution in [-0.2, 0) is 14.3 Å². The average molecular weight is 371 g/mol. The van der Waals surface area contributed by atoms with Crippen molar-refractivity contribution in [3.05, 3.63) is 58.4 Å². The number of quaternary nitrogens is 1. The number of hydrogen-bond donors (Lipinski definition) is 1. The molecular formula is C20H23N2O5+. The average Bonchev–Trinajstić information content (AvgIpc) is 2.63. The Morgan fingerprint density at radius 1 is 1.15 bits per heavy atom. The van der Waals surface area contributed by atoms with Crippen LogP contribution in [0.1, 0.15) is 20.7 Å². The number of methoxy groups -OCH3 is 1. The molecule has 0 aromatic heterocycles. The van der Waals surface area contributed by atoms with Crippen molar-refractivity contribution in [3.8, 4) is 0 Å². The summed E-state index contributed by atoms with van der Waals surface area (Å²) < 4.78 is 11.5. The summed E-state index contributed by atoms with van der Waals surface area (Å²) in [7, 11) is 7.42. The Hall–Kier alpha value is -2.77. The minimum atomic E-state index is -1.10. The molecule has 0 saturated heterocycles. The molecule has 1 atom stereocenters. The van der Waals surface area contributed by atoms with Crippen molar-refractivity contribution in [1.82, 2.24) is 5.32 Å². The summed E-state index contributed by atoms with van der Waals surface area (Å²) in [6.07, 6.45) is 0.233. The van der Waals surface area contributed by atoms with Gasteiger partial charge in [-0.3, -0.25) is 14.4 Å². The van der Waals surface area contributed by atoms with Crippen molar-refractivity contribution >= 4 is 17.5 Å². The SMILES string of the molecule is COC1OC(C(=O)NCC[N+](C)(C)C)=CC2=C1C(=O)c1ccccc1C2=O. The number of nitrogens with one attached hydrogen (secondary N) is 1. The van der Waals surface area contributed by atoms with Crippen molar-refractivity contribution < 1.29 is 28.3 Å². The standard InChI is InChI=1S/C20H22N2O5/c1-22(2,3)10-9-21-19(25)15-11-14-16(20(26-4)27-15)18(24)13-8-6-5-7-12(13)17(14)23/h5-8,11,20H,9-10H2,1-4H3/p+1. The second-order valence-corrected chi connectivity index (χ2v) is 7.50. The Kier molecular flexibility index (Phi) is 4.99. The van der Waals surface area contributed by atoms with Gasteiger partial charge in [0, 0.05) is 23.8 Å². The molecule has 0 bridgehead atoms. The van der Waals surface area contributed by atoms with E-state index in [1.807, 2.05) is 21.1 Å². The molecule has 1 N–H and O–H groups in total. The number of carbonyl (C=O) groups is 3. The molecule has 1 aromatic carbocycles. The minimum absolute atomic E-state index is 0.0393. The van der Waals surface area contributed by atoms with Crippen molar-refractivity contribution in [2.75, 3.05) is 41.3 Å². The van der Waals surface area contributed by atoms with E-state index in [9.17, 15) is 14.4 Å². The fourth-order valence-corrected chi connectivity index (χ4v) is 3.01. The third-order valence-corrected chi connectivity index (χ3v) is 4.45. The molecule has 1 amide bonds. The van der Waals surface area contributed by atoms with Gasteiger partial charge < -0.3 is 19.3 Å². The molecule has 1 aromatic rings. The van der Waals surface area contributed by atoms with Gasteiger partial charge in [0.15, 0.2) is 17.3 Å². The number of ether oxygens (including phenoxy) is 2. The van der Waals surface area contributed by atoms with Gasteiger partial charge in [-0.2, -0.15) is 0 Å². The third-order valence-electron chi connectivity index (χ3n) is 4.45. The topological polar surface area (TPSA) is 81.7 Å². The van der Waals surface area contributed by atoms with E-state index in [2.05, 4.69) is 5.32 Å². The summed E-state index contributed by atoms with van der Waals surface area (Å²) in [6, 6.07) is 6.60. The van der Waals surface area contributed by atoms with Crippen LogP contribution in [-0.4, -0.2) is 69.6 Å². The van der Waals surface area contributed by atoms with Crippen molar-refractivity contribution in [1.29, 1.82) is 0 Å². The number of allylic oxidation sites excluding steroid dienone is 2. The lowest BCUT2D eigenvalue weighted by atomic mass is 9.82. The molecule has 2 aliphatic rings. The summed E-state index contributed by atoms with van der Waals surface area (Å²) >= 11 is 0. The van der Waals surface area contributed by atoms with Crippen LogP contribution in [0.3, 0.4) is 0 Å². The van der Waals surface area contributed by atoms with Gasteiger partial charge in [0.1, 0.15) is 0 Å². The molecule has 1 heterocycles. The van der Waals surface area contributed by atoms with E-state index in [0.29, 0.717) is 22.2 Å². The van der Waals surface area contributed by atoms with Crippen molar-refractivity contribution in [3.63, 3.8) is 0 Å². The number of carbonyl (C=O) groups excluding carboxylic acids is 3. The zero-order valence-electron chi connectivity index (χ0n) is 15.9. The van der Waals surface area contributed by atoms with Gasteiger partial charge in [-0.25, -0.2) is 0 Å². The minimum Gasteiger partial charge on any atom is -0.455 e. The zero-order chi connectivity index (χ0) is 19.8. The zero-order valence-corrected chi connectivity index (χ0v) is 15.9. The number of rotatable bonds is 5. The molecule has 1 aliphatic carbocycles. The lowest BCUT2D eigenvalue weighted by molar-refractivity contribution is -0.869. The Balaban J connectivity index is 1.91. The molecule has 0 radical (unpaired) electrons. The van der Waals surface area contributed by atoms with E-state index in [0.717, 1.165) is 6.54 Å². The van der Waals surface area contributed by atoms with Crippen LogP contribution >= 0.6 is 0 Å². The summed E-state index contributed by atoms with van der Waals surface area (Å²) in [4.78, 5) is 38.2. The van der Waals surface area contributed by atoms with Crippen LogP contribution in [0.4, 0.5) is 0 Å². The molecule has 0 spiro atoms. The Labute approximate surface area is 157 Å². The fraction of sp³-hybridized carbons (Fsp3) is 0.350. The summed E-state index contributed by atoms with van der Waals surface area (Å²) in [5.41, 5.74) is 0.910. The lowest BCUT2D eigenvalue weighted by Gasteiger charge is -2.30. The van der Waals surface area contributed by atoms with Gasteiger partial charge >= 0.3 is 0 Å². The van der Waals surface area contributed by atoms with E-state index in [1.54, 1.807) is 24.3 Å². The smallest absolute Gasteiger partial charge is 0.286 e. The second-order valence-electron chi connectivity index (χ2n) is 7.50. The first-order chi connectivity index (χ1) is 12.7. The van der Waals surface area contributed by atoms with Crippen molar-refractivity contribution in [2.45, 2.75) is 6.29 Å². The lowest BCUT2D eigenvalue weighted by Crippen LogP contribution is -2.43. The van der Waals surface area contributed by atoms with Crippen LogP contribution in [0.25, 0.3) is 0 Å². The van der Waals surface area contributed by atoms with E-state index < -0.39 is 12.2 Å². The first-order valence-electron chi connectivity index (χ1n) is 8.65. The maximum Gasteiger partial charge on any atom is 0.286 e. The molecule has 1 unspecified atom stereocenters. The number of nitrogens with zero attached hydrogens (tertiary/aromatic N) is 1. The van der Waals surface area contributed by atoms with Gasteiger partial charge in [-0.05, 0) is 6.08 Å².